The van der Waals surface area contributed by atoms with Gasteiger partial charge in [-0.05, 0) is 18.6 Å². The van der Waals surface area contributed by atoms with Crippen molar-refractivity contribution in [1.82, 2.24) is 9.97 Å². The number of hydrogen-bond donors (Lipinski definition) is 4. The summed E-state index contributed by atoms with van der Waals surface area (Å²) < 4.78 is 0. The van der Waals surface area contributed by atoms with Gasteiger partial charge in [-0.25, -0.2) is 0 Å². The van der Waals surface area contributed by atoms with Crippen molar-refractivity contribution in [2.24, 2.45) is 0 Å². The van der Waals surface area contributed by atoms with E-state index in [1.165, 1.54) is 6.20 Å². The Labute approximate surface area is 92.4 Å². The first kappa shape index (κ1) is 11.1. The van der Waals surface area contributed by atoms with Crippen LogP contribution in [0.25, 0.3) is 11.0 Å². The fraction of sp³-hybridized carbons (Fsp3) is 0.364. The van der Waals surface area contributed by atoms with Crippen molar-refractivity contribution in [3.63, 3.8) is 0 Å². The number of nitrogens with zero attached hydrogens (tertiary/aromatic N) is 1. The van der Waals surface area contributed by atoms with Crippen LogP contribution in [0.2, 0.25) is 0 Å². The van der Waals surface area contributed by atoms with E-state index in [2.05, 4.69) is 9.97 Å². The van der Waals surface area contributed by atoms with Crippen LogP contribution in [0.4, 0.5) is 0 Å². The highest BCUT2D eigenvalue weighted by Gasteiger charge is 2.18. The standard InChI is InChI=1S/C11H14N2O3/c14-4-2-10(15)11(16)7-5-9-8(13-6-7)1-3-12-9/h1,3,5-6,10-12,14-16H,2,4H2. The molecule has 2 rings (SSSR count). The Kier molecular flexibility index (Phi) is 3.19. The molecule has 16 heavy (non-hydrogen) atoms. The lowest BCUT2D eigenvalue weighted by Crippen LogP contribution is -2.19. The van der Waals surface area contributed by atoms with Crippen LogP contribution in [-0.4, -0.2) is 38.0 Å². The number of hydrogen-bond acceptors (Lipinski definition) is 4. The van der Waals surface area contributed by atoms with Crippen LogP contribution in [-0.2, 0) is 0 Å². The van der Waals surface area contributed by atoms with E-state index in [0.29, 0.717) is 5.56 Å². The number of H-pyrrole nitrogens is 1. The van der Waals surface area contributed by atoms with Gasteiger partial charge in [-0.15, -0.1) is 0 Å². The highest BCUT2D eigenvalue weighted by Crippen LogP contribution is 2.21. The molecule has 0 aliphatic heterocycles. The zero-order valence-electron chi connectivity index (χ0n) is 8.67. The SMILES string of the molecule is OCCC(O)C(O)c1cnc2cc[nH]c2c1. The van der Waals surface area contributed by atoms with Gasteiger partial charge in [-0.3, -0.25) is 4.98 Å². The van der Waals surface area contributed by atoms with Crippen LogP contribution in [0.1, 0.15) is 18.1 Å². The summed E-state index contributed by atoms with van der Waals surface area (Å²) >= 11 is 0. The quantitative estimate of drug-likeness (QED) is 0.600. The van der Waals surface area contributed by atoms with Crippen LogP contribution in [0.5, 0.6) is 0 Å². The number of aliphatic hydroxyl groups excluding tert-OH is 3. The van der Waals surface area contributed by atoms with Crippen molar-refractivity contribution in [3.05, 3.63) is 30.1 Å². The third-order valence-electron chi connectivity index (χ3n) is 2.55. The van der Waals surface area contributed by atoms with Crippen LogP contribution in [0, 0.1) is 0 Å². The van der Waals surface area contributed by atoms with Gasteiger partial charge in [0.2, 0.25) is 0 Å². The number of nitrogens with one attached hydrogen (secondary N) is 1. The Morgan fingerprint density at radius 1 is 1.38 bits per heavy atom. The topological polar surface area (TPSA) is 89.4 Å². The third kappa shape index (κ3) is 2.06. The monoisotopic (exact) mass is 222 g/mol. The lowest BCUT2D eigenvalue weighted by atomic mass is 10.0. The van der Waals surface area contributed by atoms with Crippen molar-refractivity contribution in [2.45, 2.75) is 18.6 Å². The largest absolute Gasteiger partial charge is 0.396 e. The Bertz CT molecular complexity index is 469. The van der Waals surface area contributed by atoms with Gasteiger partial charge in [0.1, 0.15) is 6.10 Å². The van der Waals surface area contributed by atoms with E-state index in [4.69, 9.17) is 5.11 Å². The predicted octanol–water partition coefficient (Wildman–Crippen LogP) is 0.340. The van der Waals surface area contributed by atoms with Crippen molar-refractivity contribution in [2.75, 3.05) is 6.61 Å². The minimum absolute atomic E-state index is 0.143. The number of rotatable bonds is 4. The van der Waals surface area contributed by atoms with E-state index >= 15 is 0 Å². The molecule has 5 heteroatoms. The third-order valence-corrected chi connectivity index (χ3v) is 2.55. The summed E-state index contributed by atoms with van der Waals surface area (Å²) in [7, 11) is 0. The van der Waals surface area contributed by atoms with E-state index in [9.17, 15) is 10.2 Å². The van der Waals surface area contributed by atoms with Crippen LogP contribution < -0.4 is 0 Å². The van der Waals surface area contributed by atoms with E-state index in [-0.39, 0.29) is 13.0 Å². The van der Waals surface area contributed by atoms with Gasteiger partial charge >= 0.3 is 0 Å². The summed E-state index contributed by atoms with van der Waals surface area (Å²) in [6, 6.07) is 3.57. The molecule has 0 spiro atoms. The fourth-order valence-corrected chi connectivity index (χ4v) is 1.62. The smallest absolute Gasteiger partial charge is 0.106 e. The predicted molar refractivity (Wildman–Crippen MR) is 58.8 cm³/mol. The zero-order valence-corrected chi connectivity index (χ0v) is 8.67. The van der Waals surface area contributed by atoms with Crippen LogP contribution in [0.15, 0.2) is 24.5 Å². The first-order chi connectivity index (χ1) is 7.72. The minimum Gasteiger partial charge on any atom is -0.396 e. The zero-order chi connectivity index (χ0) is 11.5. The summed E-state index contributed by atoms with van der Waals surface area (Å²) in [4.78, 5) is 7.12. The van der Waals surface area contributed by atoms with E-state index in [1.54, 1.807) is 12.3 Å². The summed E-state index contributed by atoms with van der Waals surface area (Å²) in [6.45, 7) is -0.156. The lowest BCUT2D eigenvalue weighted by Gasteiger charge is -2.16. The molecule has 0 amide bonds. The Hall–Kier alpha value is -1.43. The van der Waals surface area contributed by atoms with Gasteiger partial charge in [0, 0.05) is 24.6 Å². The maximum atomic E-state index is 9.80. The van der Waals surface area contributed by atoms with E-state index in [1.807, 2.05) is 6.07 Å². The fourth-order valence-electron chi connectivity index (χ4n) is 1.62. The number of aliphatic hydroxyl groups is 3. The van der Waals surface area contributed by atoms with Crippen LogP contribution in [0.3, 0.4) is 0 Å². The molecule has 0 aliphatic rings. The molecule has 2 aromatic heterocycles. The Morgan fingerprint density at radius 2 is 2.19 bits per heavy atom. The molecule has 0 saturated carbocycles. The minimum atomic E-state index is -1.02. The number of fused-ring (bicyclic) bond motifs is 1. The highest BCUT2D eigenvalue weighted by atomic mass is 16.3. The maximum absolute atomic E-state index is 9.80. The molecule has 0 fully saturated rings. The van der Waals surface area contributed by atoms with Crippen molar-refractivity contribution >= 4 is 11.0 Å². The first-order valence-corrected chi connectivity index (χ1v) is 5.12. The molecule has 2 aromatic rings. The molecular weight excluding hydrogens is 208 g/mol. The summed E-state index contributed by atoms with van der Waals surface area (Å²) in [5, 5.41) is 28.0. The number of aromatic nitrogens is 2. The molecule has 86 valence electrons. The van der Waals surface area contributed by atoms with Crippen molar-refractivity contribution in [1.29, 1.82) is 0 Å². The van der Waals surface area contributed by atoms with Crippen molar-refractivity contribution < 1.29 is 15.3 Å². The summed E-state index contributed by atoms with van der Waals surface area (Å²) in [6.07, 6.45) is 1.44. The molecule has 0 radical (unpaired) electrons. The number of aromatic amines is 1. The van der Waals surface area contributed by atoms with Gasteiger partial charge < -0.3 is 20.3 Å². The van der Waals surface area contributed by atoms with Crippen molar-refractivity contribution in [3.8, 4) is 0 Å². The summed E-state index contributed by atoms with van der Waals surface area (Å²) in [5.74, 6) is 0. The first-order valence-electron chi connectivity index (χ1n) is 5.12. The highest BCUT2D eigenvalue weighted by molar-refractivity contribution is 5.75. The molecule has 2 atom stereocenters. The van der Waals surface area contributed by atoms with Gasteiger partial charge in [0.25, 0.3) is 0 Å². The number of pyridine rings is 1. The molecule has 2 heterocycles. The average Bonchev–Trinajstić information content (AvgIpc) is 2.75. The van der Waals surface area contributed by atoms with Crippen LogP contribution >= 0.6 is 0 Å². The lowest BCUT2D eigenvalue weighted by molar-refractivity contribution is 0.00412. The van der Waals surface area contributed by atoms with Gasteiger partial charge in [0.15, 0.2) is 0 Å². The van der Waals surface area contributed by atoms with Gasteiger partial charge in [-0.2, -0.15) is 0 Å². The maximum Gasteiger partial charge on any atom is 0.106 e. The molecule has 0 aromatic carbocycles. The normalized spacial score (nSPS) is 15.2. The molecular formula is C11H14N2O3. The molecule has 5 nitrogen and oxygen atoms in total. The van der Waals surface area contributed by atoms with E-state index in [0.717, 1.165) is 11.0 Å². The molecule has 0 aliphatic carbocycles. The molecule has 4 N–H and O–H groups in total. The molecule has 2 unspecified atom stereocenters. The molecule has 0 saturated heterocycles. The Morgan fingerprint density at radius 3 is 2.94 bits per heavy atom. The average molecular weight is 222 g/mol. The second-order valence-electron chi connectivity index (χ2n) is 3.70. The second-order valence-corrected chi connectivity index (χ2v) is 3.70. The van der Waals surface area contributed by atoms with Gasteiger partial charge in [0.05, 0.1) is 17.1 Å². The second kappa shape index (κ2) is 4.61. The Balaban J connectivity index is 2.24. The molecule has 0 bridgehead atoms. The van der Waals surface area contributed by atoms with E-state index < -0.39 is 12.2 Å². The summed E-state index contributed by atoms with van der Waals surface area (Å²) in [5.41, 5.74) is 2.16. The van der Waals surface area contributed by atoms with Gasteiger partial charge in [-0.1, -0.05) is 0 Å².